The maximum absolute atomic E-state index is 5.96. The Hall–Kier alpha value is -1.00. The van der Waals surface area contributed by atoms with E-state index in [0.29, 0.717) is 16.5 Å². The molecule has 0 spiro atoms. The summed E-state index contributed by atoms with van der Waals surface area (Å²) in [4.78, 5) is 6.32. The van der Waals surface area contributed by atoms with Gasteiger partial charge in [0.1, 0.15) is 5.82 Å². The molecule has 84 valence electrons. The molecule has 1 heterocycles. The van der Waals surface area contributed by atoms with Crippen LogP contribution in [0.4, 0.5) is 11.5 Å². The summed E-state index contributed by atoms with van der Waals surface area (Å²) in [5.41, 5.74) is 6.12. The summed E-state index contributed by atoms with van der Waals surface area (Å²) in [5.74, 6) is 0.690. The SMILES string of the molecule is CCN(C)CCNc1ncc(N)cc1Cl. The highest BCUT2D eigenvalue weighted by atomic mass is 35.5. The number of anilines is 2. The molecule has 0 amide bonds. The third-order valence-corrected chi connectivity index (χ3v) is 2.48. The van der Waals surface area contributed by atoms with Crippen LogP contribution in [-0.2, 0) is 0 Å². The minimum atomic E-state index is 0.564. The maximum Gasteiger partial charge on any atom is 0.144 e. The number of nitrogen functional groups attached to an aromatic ring is 1. The van der Waals surface area contributed by atoms with E-state index in [-0.39, 0.29) is 0 Å². The van der Waals surface area contributed by atoms with Crippen molar-refractivity contribution in [2.24, 2.45) is 0 Å². The molecule has 15 heavy (non-hydrogen) atoms. The molecule has 0 aromatic carbocycles. The maximum atomic E-state index is 5.96. The van der Waals surface area contributed by atoms with Crippen LogP contribution in [0.3, 0.4) is 0 Å². The Morgan fingerprint density at radius 1 is 1.60 bits per heavy atom. The summed E-state index contributed by atoms with van der Waals surface area (Å²) >= 11 is 5.96. The molecule has 0 atom stereocenters. The van der Waals surface area contributed by atoms with Gasteiger partial charge in [0.25, 0.3) is 0 Å². The van der Waals surface area contributed by atoms with Crippen molar-refractivity contribution in [2.75, 3.05) is 37.7 Å². The number of halogens is 1. The van der Waals surface area contributed by atoms with Gasteiger partial charge < -0.3 is 16.0 Å². The quantitative estimate of drug-likeness (QED) is 0.805. The van der Waals surface area contributed by atoms with E-state index in [0.717, 1.165) is 19.6 Å². The van der Waals surface area contributed by atoms with Gasteiger partial charge in [-0.25, -0.2) is 4.98 Å². The van der Waals surface area contributed by atoms with E-state index in [9.17, 15) is 0 Å². The lowest BCUT2D eigenvalue weighted by atomic mass is 10.4. The van der Waals surface area contributed by atoms with E-state index in [4.69, 9.17) is 17.3 Å². The Balaban J connectivity index is 2.44. The van der Waals surface area contributed by atoms with Gasteiger partial charge in [0, 0.05) is 13.1 Å². The highest BCUT2D eigenvalue weighted by Crippen LogP contribution is 2.20. The molecule has 0 aliphatic rings. The number of hydrogen-bond donors (Lipinski definition) is 2. The van der Waals surface area contributed by atoms with Gasteiger partial charge >= 0.3 is 0 Å². The van der Waals surface area contributed by atoms with Crippen molar-refractivity contribution >= 4 is 23.1 Å². The molecular weight excluding hydrogens is 212 g/mol. The number of rotatable bonds is 5. The number of nitrogens with zero attached hydrogens (tertiary/aromatic N) is 2. The molecule has 0 aliphatic heterocycles. The molecule has 0 radical (unpaired) electrons. The zero-order chi connectivity index (χ0) is 11.3. The highest BCUT2D eigenvalue weighted by molar-refractivity contribution is 6.33. The van der Waals surface area contributed by atoms with Crippen molar-refractivity contribution in [3.05, 3.63) is 17.3 Å². The summed E-state index contributed by atoms with van der Waals surface area (Å²) in [6.45, 7) is 4.93. The fourth-order valence-corrected chi connectivity index (χ4v) is 1.35. The lowest BCUT2D eigenvalue weighted by Gasteiger charge is -2.14. The van der Waals surface area contributed by atoms with Crippen LogP contribution in [-0.4, -0.2) is 36.6 Å². The summed E-state index contributed by atoms with van der Waals surface area (Å²) in [5, 5.41) is 3.73. The Morgan fingerprint density at radius 2 is 2.33 bits per heavy atom. The smallest absolute Gasteiger partial charge is 0.144 e. The third-order valence-electron chi connectivity index (χ3n) is 2.19. The summed E-state index contributed by atoms with van der Waals surface area (Å²) < 4.78 is 0. The number of nitrogens with one attached hydrogen (secondary N) is 1. The molecule has 0 saturated heterocycles. The zero-order valence-electron chi connectivity index (χ0n) is 9.13. The molecular formula is C10H17ClN4. The first-order chi connectivity index (χ1) is 7.13. The first kappa shape index (κ1) is 12.1. The molecule has 1 rings (SSSR count). The standard InChI is InChI=1S/C10H17ClN4/c1-3-15(2)5-4-13-10-9(11)6-8(12)7-14-10/h6-7H,3-5,12H2,1-2H3,(H,13,14). The van der Waals surface area contributed by atoms with Crippen LogP contribution >= 0.6 is 11.6 Å². The van der Waals surface area contributed by atoms with E-state index in [2.05, 4.69) is 29.2 Å². The van der Waals surface area contributed by atoms with Crippen LogP contribution in [0.15, 0.2) is 12.3 Å². The minimum Gasteiger partial charge on any atom is -0.397 e. The summed E-state index contributed by atoms with van der Waals surface area (Å²) in [6, 6.07) is 1.69. The predicted octanol–water partition coefficient (Wildman–Crippen LogP) is 1.68. The molecule has 5 heteroatoms. The molecule has 3 N–H and O–H groups in total. The van der Waals surface area contributed by atoms with Gasteiger partial charge in [0.15, 0.2) is 0 Å². The number of aromatic nitrogens is 1. The molecule has 4 nitrogen and oxygen atoms in total. The van der Waals surface area contributed by atoms with Crippen molar-refractivity contribution in [3.8, 4) is 0 Å². The topological polar surface area (TPSA) is 54.2 Å². The van der Waals surface area contributed by atoms with E-state index < -0.39 is 0 Å². The monoisotopic (exact) mass is 228 g/mol. The second-order valence-electron chi connectivity index (χ2n) is 3.42. The largest absolute Gasteiger partial charge is 0.397 e. The fraction of sp³-hybridized carbons (Fsp3) is 0.500. The second-order valence-corrected chi connectivity index (χ2v) is 3.83. The molecule has 0 unspecified atom stereocenters. The molecule has 0 bridgehead atoms. The van der Waals surface area contributed by atoms with Crippen molar-refractivity contribution in [3.63, 3.8) is 0 Å². The Kier molecular flexibility index (Phi) is 4.65. The second kappa shape index (κ2) is 5.78. The summed E-state index contributed by atoms with van der Waals surface area (Å²) in [7, 11) is 2.07. The Labute approximate surface area is 95.4 Å². The molecule has 1 aromatic heterocycles. The first-order valence-corrected chi connectivity index (χ1v) is 5.34. The van der Waals surface area contributed by atoms with Crippen LogP contribution in [0, 0.1) is 0 Å². The Morgan fingerprint density at radius 3 is 2.93 bits per heavy atom. The number of hydrogen-bond acceptors (Lipinski definition) is 4. The minimum absolute atomic E-state index is 0.564. The lowest BCUT2D eigenvalue weighted by molar-refractivity contribution is 0.367. The molecule has 1 aromatic rings. The third kappa shape index (κ3) is 3.93. The van der Waals surface area contributed by atoms with Crippen molar-refractivity contribution < 1.29 is 0 Å². The predicted molar refractivity (Wildman–Crippen MR) is 65.3 cm³/mol. The van der Waals surface area contributed by atoms with Crippen LogP contribution in [0.1, 0.15) is 6.92 Å². The van der Waals surface area contributed by atoms with Crippen molar-refractivity contribution in [2.45, 2.75) is 6.92 Å². The van der Waals surface area contributed by atoms with Gasteiger partial charge in [-0.15, -0.1) is 0 Å². The van der Waals surface area contributed by atoms with Gasteiger partial charge in [-0.1, -0.05) is 18.5 Å². The van der Waals surface area contributed by atoms with Gasteiger partial charge in [-0.3, -0.25) is 0 Å². The van der Waals surface area contributed by atoms with Crippen molar-refractivity contribution in [1.82, 2.24) is 9.88 Å². The normalized spacial score (nSPS) is 10.7. The number of nitrogens with two attached hydrogens (primary N) is 1. The van der Waals surface area contributed by atoms with Crippen molar-refractivity contribution in [1.29, 1.82) is 0 Å². The first-order valence-electron chi connectivity index (χ1n) is 4.97. The van der Waals surface area contributed by atoms with Gasteiger partial charge in [-0.05, 0) is 19.7 Å². The van der Waals surface area contributed by atoms with E-state index in [1.54, 1.807) is 12.3 Å². The van der Waals surface area contributed by atoms with Crippen LogP contribution in [0.25, 0.3) is 0 Å². The Bertz CT molecular complexity index is 316. The summed E-state index contributed by atoms with van der Waals surface area (Å²) in [6.07, 6.45) is 1.59. The van der Waals surface area contributed by atoms with Gasteiger partial charge in [0.2, 0.25) is 0 Å². The highest BCUT2D eigenvalue weighted by Gasteiger charge is 2.01. The van der Waals surface area contributed by atoms with Gasteiger partial charge in [-0.2, -0.15) is 0 Å². The van der Waals surface area contributed by atoms with Gasteiger partial charge in [0.05, 0.1) is 16.9 Å². The molecule has 0 saturated carbocycles. The zero-order valence-corrected chi connectivity index (χ0v) is 9.88. The van der Waals surface area contributed by atoms with E-state index in [1.165, 1.54) is 0 Å². The number of likely N-dealkylation sites (N-methyl/N-ethyl adjacent to an activating group) is 1. The average molecular weight is 229 g/mol. The average Bonchev–Trinajstić information content (AvgIpc) is 2.21. The van der Waals surface area contributed by atoms with Crippen LogP contribution in [0.2, 0.25) is 5.02 Å². The molecule has 0 fully saturated rings. The lowest BCUT2D eigenvalue weighted by Crippen LogP contribution is -2.25. The van der Waals surface area contributed by atoms with Crippen LogP contribution in [0.5, 0.6) is 0 Å². The molecule has 0 aliphatic carbocycles. The van der Waals surface area contributed by atoms with E-state index in [1.807, 2.05) is 0 Å². The fourth-order valence-electron chi connectivity index (χ4n) is 1.11. The van der Waals surface area contributed by atoms with E-state index >= 15 is 0 Å². The number of pyridine rings is 1. The van der Waals surface area contributed by atoms with Crippen LogP contribution < -0.4 is 11.1 Å².